The number of aliphatic hydroxyl groups excluding tert-OH is 1. The van der Waals surface area contributed by atoms with Crippen LogP contribution in [-0.2, 0) is 16.6 Å². The molecule has 1 aliphatic heterocycles. The van der Waals surface area contributed by atoms with Crippen molar-refractivity contribution in [2.24, 2.45) is 5.92 Å². The molecule has 1 aromatic rings. The monoisotopic (exact) mass is 261 g/mol. The predicted molar refractivity (Wildman–Crippen MR) is 62.8 cm³/mol. The van der Waals surface area contributed by atoms with Gasteiger partial charge in [0.15, 0.2) is 0 Å². The molecule has 0 amide bonds. The van der Waals surface area contributed by atoms with Crippen LogP contribution in [0.2, 0.25) is 0 Å². The first kappa shape index (κ1) is 12.0. The van der Waals surface area contributed by atoms with Crippen molar-refractivity contribution < 1.29 is 13.5 Å². The Kier molecular flexibility index (Phi) is 3.34. The zero-order chi connectivity index (χ0) is 11.8. The molecule has 1 aliphatic rings. The van der Waals surface area contributed by atoms with E-state index in [1.807, 2.05) is 0 Å². The maximum absolute atomic E-state index is 12.2. The molecule has 0 saturated carbocycles. The lowest BCUT2D eigenvalue weighted by molar-refractivity contribution is 0.285. The van der Waals surface area contributed by atoms with Crippen molar-refractivity contribution in [1.29, 1.82) is 0 Å². The first-order valence-electron chi connectivity index (χ1n) is 5.24. The van der Waals surface area contributed by atoms with Crippen molar-refractivity contribution in [1.82, 2.24) is 4.31 Å². The van der Waals surface area contributed by atoms with Crippen LogP contribution in [-0.4, -0.2) is 30.9 Å². The van der Waals surface area contributed by atoms with Crippen molar-refractivity contribution in [3.05, 3.63) is 17.0 Å². The highest BCUT2D eigenvalue weighted by Crippen LogP contribution is 2.28. The highest BCUT2D eigenvalue weighted by atomic mass is 32.2. The van der Waals surface area contributed by atoms with E-state index in [2.05, 4.69) is 6.92 Å². The Morgan fingerprint density at radius 3 is 2.81 bits per heavy atom. The second kappa shape index (κ2) is 4.44. The first-order chi connectivity index (χ1) is 7.54. The summed E-state index contributed by atoms with van der Waals surface area (Å²) in [5.41, 5.74) is 0. The molecule has 0 bridgehead atoms. The molecule has 1 unspecified atom stereocenters. The molecule has 1 fully saturated rings. The van der Waals surface area contributed by atoms with Crippen LogP contribution in [0.1, 0.15) is 18.2 Å². The molecule has 0 spiro atoms. The molecule has 0 aromatic carbocycles. The summed E-state index contributed by atoms with van der Waals surface area (Å²) in [6.45, 7) is 3.17. The van der Waals surface area contributed by atoms with Crippen molar-refractivity contribution in [3.8, 4) is 0 Å². The van der Waals surface area contributed by atoms with Crippen LogP contribution in [0, 0.1) is 5.92 Å². The summed E-state index contributed by atoms with van der Waals surface area (Å²) in [7, 11) is -3.32. The Hall–Kier alpha value is -0.430. The first-order valence-corrected chi connectivity index (χ1v) is 7.49. The average Bonchev–Trinajstić information content (AvgIpc) is 2.85. The minimum absolute atomic E-state index is 0.101. The Bertz CT molecular complexity index is 466. The SMILES string of the molecule is CC1CCN(S(=O)(=O)c2ccc(CO)s2)C1. The second-order valence-corrected chi connectivity index (χ2v) is 7.47. The Balaban J connectivity index is 2.25. The normalized spacial score (nSPS) is 22.8. The van der Waals surface area contributed by atoms with E-state index in [1.165, 1.54) is 4.31 Å². The summed E-state index contributed by atoms with van der Waals surface area (Å²) in [4.78, 5) is 0.686. The Morgan fingerprint density at radius 2 is 2.31 bits per heavy atom. The maximum atomic E-state index is 12.2. The van der Waals surface area contributed by atoms with E-state index >= 15 is 0 Å². The quantitative estimate of drug-likeness (QED) is 0.891. The van der Waals surface area contributed by atoms with Crippen molar-refractivity contribution in [2.45, 2.75) is 24.2 Å². The fourth-order valence-corrected chi connectivity index (χ4v) is 4.77. The fraction of sp³-hybridized carbons (Fsp3) is 0.600. The smallest absolute Gasteiger partial charge is 0.252 e. The molecule has 1 N–H and O–H groups in total. The molecule has 6 heteroatoms. The van der Waals surface area contributed by atoms with Gasteiger partial charge in [0, 0.05) is 18.0 Å². The van der Waals surface area contributed by atoms with E-state index in [-0.39, 0.29) is 6.61 Å². The molecular formula is C10H15NO3S2. The summed E-state index contributed by atoms with van der Waals surface area (Å²) in [5.74, 6) is 0.437. The van der Waals surface area contributed by atoms with Crippen LogP contribution in [0.5, 0.6) is 0 Å². The van der Waals surface area contributed by atoms with Gasteiger partial charge in [0.05, 0.1) is 6.61 Å². The molecule has 2 rings (SSSR count). The van der Waals surface area contributed by atoms with Gasteiger partial charge < -0.3 is 5.11 Å². The summed E-state index contributed by atoms with van der Waals surface area (Å²) in [6.07, 6.45) is 0.928. The van der Waals surface area contributed by atoms with Crippen LogP contribution in [0.25, 0.3) is 0 Å². The zero-order valence-corrected chi connectivity index (χ0v) is 10.7. The van der Waals surface area contributed by atoms with Gasteiger partial charge in [-0.15, -0.1) is 11.3 Å². The van der Waals surface area contributed by atoms with Gasteiger partial charge in [0.25, 0.3) is 10.0 Å². The average molecular weight is 261 g/mol. The lowest BCUT2D eigenvalue weighted by Crippen LogP contribution is -2.27. The van der Waals surface area contributed by atoms with Gasteiger partial charge in [-0.2, -0.15) is 4.31 Å². The number of rotatable bonds is 3. The lowest BCUT2D eigenvalue weighted by atomic mass is 10.2. The van der Waals surface area contributed by atoms with E-state index in [4.69, 9.17) is 5.11 Å². The minimum atomic E-state index is -3.32. The number of aliphatic hydroxyl groups is 1. The van der Waals surface area contributed by atoms with Crippen molar-refractivity contribution in [3.63, 3.8) is 0 Å². The molecule has 1 aromatic heterocycles. The van der Waals surface area contributed by atoms with Crippen LogP contribution in [0.15, 0.2) is 16.3 Å². The third kappa shape index (κ3) is 2.15. The second-order valence-electron chi connectivity index (χ2n) is 4.14. The lowest BCUT2D eigenvalue weighted by Gasteiger charge is -2.14. The summed E-state index contributed by atoms with van der Waals surface area (Å²) in [6, 6.07) is 3.24. The molecule has 4 nitrogen and oxygen atoms in total. The maximum Gasteiger partial charge on any atom is 0.252 e. The van der Waals surface area contributed by atoms with Crippen LogP contribution < -0.4 is 0 Å². The fourth-order valence-electron chi connectivity index (χ4n) is 1.82. The summed E-state index contributed by atoms with van der Waals surface area (Å²) < 4.78 is 26.2. The van der Waals surface area contributed by atoms with Gasteiger partial charge in [0.2, 0.25) is 0 Å². The van der Waals surface area contributed by atoms with Crippen LogP contribution >= 0.6 is 11.3 Å². The van der Waals surface area contributed by atoms with E-state index in [9.17, 15) is 8.42 Å². The van der Waals surface area contributed by atoms with Gasteiger partial charge in [0.1, 0.15) is 4.21 Å². The topological polar surface area (TPSA) is 57.6 Å². The number of hydrogen-bond acceptors (Lipinski definition) is 4. The van der Waals surface area contributed by atoms with Crippen molar-refractivity contribution >= 4 is 21.4 Å². The van der Waals surface area contributed by atoms with E-state index in [1.54, 1.807) is 12.1 Å². The third-order valence-electron chi connectivity index (χ3n) is 2.77. The Labute approximate surface area is 99.6 Å². The highest BCUT2D eigenvalue weighted by Gasteiger charge is 2.31. The predicted octanol–water partition coefficient (Wildman–Crippen LogP) is 1.27. The zero-order valence-electron chi connectivity index (χ0n) is 9.09. The Morgan fingerprint density at radius 1 is 1.56 bits per heavy atom. The molecular weight excluding hydrogens is 246 g/mol. The summed E-state index contributed by atoms with van der Waals surface area (Å²) in [5, 5.41) is 8.93. The molecule has 1 saturated heterocycles. The number of nitrogens with zero attached hydrogens (tertiary/aromatic N) is 1. The highest BCUT2D eigenvalue weighted by molar-refractivity contribution is 7.91. The molecule has 1 atom stereocenters. The standard InChI is InChI=1S/C10H15NO3S2/c1-8-4-5-11(6-8)16(13,14)10-3-2-9(7-12)15-10/h2-3,8,12H,4-7H2,1H3. The number of thiophene rings is 1. The largest absolute Gasteiger partial charge is 0.391 e. The minimum Gasteiger partial charge on any atom is -0.391 e. The van der Waals surface area contributed by atoms with Crippen LogP contribution in [0.3, 0.4) is 0 Å². The van der Waals surface area contributed by atoms with E-state index < -0.39 is 10.0 Å². The van der Waals surface area contributed by atoms with Gasteiger partial charge in [-0.1, -0.05) is 6.92 Å². The molecule has 0 aliphatic carbocycles. The van der Waals surface area contributed by atoms with Gasteiger partial charge in [-0.25, -0.2) is 8.42 Å². The van der Waals surface area contributed by atoms with E-state index in [0.29, 0.717) is 28.1 Å². The summed E-state index contributed by atoms with van der Waals surface area (Å²) >= 11 is 1.15. The van der Waals surface area contributed by atoms with Gasteiger partial charge >= 0.3 is 0 Å². The number of sulfonamides is 1. The van der Waals surface area contributed by atoms with Gasteiger partial charge in [-0.05, 0) is 24.5 Å². The molecule has 16 heavy (non-hydrogen) atoms. The van der Waals surface area contributed by atoms with Crippen LogP contribution in [0.4, 0.5) is 0 Å². The molecule has 2 heterocycles. The molecule has 90 valence electrons. The third-order valence-corrected chi connectivity index (χ3v) is 6.18. The molecule has 0 radical (unpaired) electrons. The number of hydrogen-bond donors (Lipinski definition) is 1. The van der Waals surface area contributed by atoms with Crippen molar-refractivity contribution in [2.75, 3.05) is 13.1 Å². The van der Waals surface area contributed by atoms with E-state index in [0.717, 1.165) is 17.8 Å². The van der Waals surface area contributed by atoms with Gasteiger partial charge in [-0.3, -0.25) is 0 Å².